The van der Waals surface area contributed by atoms with Crippen LogP contribution >= 0.6 is 0 Å². The second-order valence-electron chi connectivity index (χ2n) is 17.8. The van der Waals surface area contributed by atoms with E-state index < -0.39 is 23.5 Å². The molecule has 0 saturated heterocycles. The van der Waals surface area contributed by atoms with Crippen molar-refractivity contribution in [2.75, 3.05) is 0 Å². The van der Waals surface area contributed by atoms with Gasteiger partial charge in [0.15, 0.2) is 0 Å². The average Bonchev–Trinajstić information content (AvgIpc) is 3.88. The topological polar surface area (TPSA) is 0 Å². The fraction of sp³-hybridized carbons (Fsp3) is 0.333. The van der Waals surface area contributed by atoms with Crippen LogP contribution in [0.3, 0.4) is 0 Å². The van der Waals surface area contributed by atoms with E-state index in [0.717, 1.165) is 61.3 Å². The fourth-order valence-electron chi connectivity index (χ4n) is 8.27. The maximum absolute atomic E-state index is 12.5. The van der Waals surface area contributed by atoms with E-state index in [-0.39, 0.29) is 35.6 Å². The van der Waals surface area contributed by atoms with E-state index in [1.807, 2.05) is 0 Å². The second-order valence-corrected chi connectivity index (χ2v) is 19.1. The first-order valence-corrected chi connectivity index (χ1v) is 20.9. The Balaban J connectivity index is 0.000000209. The van der Waals surface area contributed by atoms with Crippen LogP contribution in [0.2, 0.25) is 0 Å². The van der Waals surface area contributed by atoms with Gasteiger partial charge in [-0.3, -0.25) is 6.08 Å². The van der Waals surface area contributed by atoms with Gasteiger partial charge < -0.3 is 24.8 Å². The summed E-state index contributed by atoms with van der Waals surface area (Å²) in [5.41, 5.74) is 17.4. The van der Waals surface area contributed by atoms with Crippen LogP contribution in [0.25, 0.3) is 22.3 Å². The van der Waals surface area contributed by atoms with Crippen LogP contribution in [0.4, 0.5) is 26.3 Å². The van der Waals surface area contributed by atoms with Crippen LogP contribution < -0.4 is 24.8 Å². The smallest absolute Gasteiger partial charge is 1.00 e. The van der Waals surface area contributed by atoms with Crippen molar-refractivity contribution in [1.29, 1.82) is 0 Å². The average molecular weight is 939 g/mol. The number of benzene rings is 4. The predicted molar refractivity (Wildman–Crippen MR) is 223 cm³/mol. The second kappa shape index (κ2) is 17.8. The Kier molecular flexibility index (Phi) is 14.6. The molecule has 8 rings (SSSR count). The molecule has 0 spiro atoms. The van der Waals surface area contributed by atoms with E-state index in [9.17, 15) is 26.3 Å². The zero-order valence-corrected chi connectivity index (χ0v) is 39.6. The van der Waals surface area contributed by atoms with Gasteiger partial charge in [-0.15, -0.1) is 11.6 Å². The molecule has 60 heavy (non-hydrogen) atoms. The van der Waals surface area contributed by atoms with Gasteiger partial charge in [0.05, 0.1) is 0 Å². The molecular formula is C51H50Cl2F6Zr-2. The molecule has 9 heteroatoms. The van der Waals surface area contributed by atoms with Gasteiger partial charge in [-0.2, -0.15) is 28.8 Å². The van der Waals surface area contributed by atoms with Gasteiger partial charge in [-0.25, -0.2) is 11.6 Å². The molecule has 0 nitrogen and oxygen atoms in total. The first kappa shape index (κ1) is 49.3. The number of aryl methyl sites for hydroxylation is 1. The summed E-state index contributed by atoms with van der Waals surface area (Å²) in [4.78, 5) is 0. The number of fused-ring (bicyclic) bond motifs is 5. The summed E-state index contributed by atoms with van der Waals surface area (Å²) >= 11 is 0.898. The SMILES string of the molecule is CC1=[C-]C(C)(C)c2cc3c(cc21)-c1cc2c(cc1C3)C(C)(C)C=C2C.CCc1cc(C(C)(C)C)c[cH-]1.FC(F)(F)c1ccc([C](=[Zr+2])c2ccc(C(F)(F)F)cc2)cc1.[Cl-].[Cl-]. The van der Waals surface area contributed by atoms with Crippen molar-refractivity contribution in [3.8, 4) is 11.1 Å². The molecule has 0 bridgehead atoms. The Morgan fingerprint density at radius 1 is 0.667 bits per heavy atom. The predicted octanol–water partition coefficient (Wildman–Crippen LogP) is 8.56. The summed E-state index contributed by atoms with van der Waals surface area (Å²) in [6, 6.07) is 25.7. The van der Waals surface area contributed by atoms with Crippen molar-refractivity contribution in [3.05, 3.63) is 170 Å². The van der Waals surface area contributed by atoms with Gasteiger partial charge in [0.25, 0.3) is 0 Å². The van der Waals surface area contributed by atoms with Crippen molar-refractivity contribution in [2.24, 2.45) is 0 Å². The largest absolute Gasteiger partial charge is 1.00 e. The molecule has 5 aromatic carbocycles. The normalized spacial score (nSPS) is 15.3. The van der Waals surface area contributed by atoms with Gasteiger partial charge in [0.2, 0.25) is 0 Å². The number of rotatable bonds is 3. The molecule has 316 valence electrons. The summed E-state index contributed by atoms with van der Waals surface area (Å²) in [7, 11) is 0. The zero-order chi connectivity index (χ0) is 42.7. The van der Waals surface area contributed by atoms with E-state index in [0.29, 0.717) is 19.7 Å². The van der Waals surface area contributed by atoms with Gasteiger partial charge in [0.1, 0.15) is 0 Å². The minimum atomic E-state index is -4.41. The fourth-order valence-corrected chi connectivity index (χ4v) is 9.09. The van der Waals surface area contributed by atoms with Gasteiger partial charge >= 0.3 is 137 Å². The van der Waals surface area contributed by atoms with Gasteiger partial charge in [0, 0.05) is 5.41 Å². The number of alkyl halides is 6. The van der Waals surface area contributed by atoms with Crippen molar-refractivity contribution in [3.63, 3.8) is 0 Å². The van der Waals surface area contributed by atoms with Crippen molar-refractivity contribution < 1.29 is 75.4 Å². The monoisotopic (exact) mass is 936 g/mol. The molecule has 0 saturated carbocycles. The van der Waals surface area contributed by atoms with E-state index in [1.54, 1.807) is 0 Å². The maximum atomic E-state index is 12.5. The summed E-state index contributed by atoms with van der Waals surface area (Å²) in [6.07, 6.45) is -0.534. The number of halogens is 8. The van der Waals surface area contributed by atoms with Crippen LogP contribution in [0.1, 0.15) is 136 Å². The molecule has 5 aromatic rings. The molecule has 0 heterocycles. The Labute approximate surface area is 379 Å². The van der Waals surface area contributed by atoms with Gasteiger partial charge in [-0.1, -0.05) is 97.8 Å². The molecule has 0 amide bonds. The van der Waals surface area contributed by atoms with E-state index in [4.69, 9.17) is 0 Å². The van der Waals surface area contributed by atoms with Crippen molar-refractivity contribution >= 4 is 14.4 Å². The van der Waals surface area contributed by atoms with Crippen LogP contribution in [0, 0.1) is 6.08 Å². The summed E-state index contributed by atoms with van der Waals surface area (Å²) in [5, 5.41) is 0. The van der Waals surface area contributed by atoms with E-state index in [1.165, 1.54) is 91.0 Å². The Bertz CT molecular complexity index is 2290. The molecule has 0 atom stereocenters. The van der Waals surface area contributed by atoms with Gasteiger partial charge in [-0.05, 0) is 58.4 Å². The standard InChI is InChI=1S/C25H25.C15H8F6.C11H17.2ClH.Zr/c1-14-12-24(3,4)22-8-16-7-17-9-23-19(15(2)13-25(23,5)6)11-21(17)20(16)10-18(14)22;16-14(17,18)12-5-1-10(2-6-12)9-11-3-7-13(8-4-11)15(19,20)21;1-5-9-6-7-10(8-9)11(2,3)4;;;/h8-12H,7H2,1-6H3;1-8H;6-8H,5H2,1-4H3;2*1H;/q-1;;-1;;;+2/p-2. The van der Waals surface area contributed by atoms with Crippen molar-refractivity contribution in [1.82, 2.24) is 0 Å². The minimum absolute atomic E-state index is 0. The molecule has 0 unspecified atom stereocenters. The molecule has 3 aliphatic rings. The number of hydrogen-bond donors (Lipinski definition) is 0. The Morgan fingerprint density at radius 2 is 1.13 bits per heavy atom. The molecule has 3 aliphatic carbocycles. The summed E-state index contributed by atoms with van der Waals surface area (Å²) in [5.74, 6) is 0. The van der Waals surface area contributed by atoms with E-state index >= 15 is 0 Å². The summed E-state index contributed by atoms with van der Waals surface area (Å²) < 4.78 is 75.6. The maximum Gasteiger partial charge on any atom is -1.00 e. The van der Waals surface area contributed by atoms with Crippen LogP contribution in [0.5, 0.6) is 0 Å². The number of hydrogen-bond acceptors (Lipinski definition) is 0. The first-order chi connectivity index (χ1) is 26.8. The van der Waals surface area contributed by atoms with E-state index in [2.05, 4.69) is 124 Å². The molecule has 0 aliphatic heterocycles. The minimum Gasteiger partial charge on any atom is -1.00 e. The molecular weight excluding hydrogens is 889 g/mol. The molecule has 0 N–H and O–H groups in total. The first-order valence-electron chi connectivity index (χ1n) is 19.7. The van der Waals surface area contributed by atoms with Crippen LogP contribution in [-0.2, 0) is 65.7 Å². The molecule has 0 radical (unpaired) electrons. The third kappa shape index (κ3) is 10.3. The van der Waals surface area contributed by atoms with Crippen LogP contribution in [0.15, 0.2) is 97.1 Å². The third-order valence-corrected chi connectivity index (χ3v) is 12.9. The molecule has 0 aromatic heterocycles. The zero-order valence-electron chi connectivity index (χ0n) is 35.7. The van der Waals surface area contributed by atoms with Crippen molar-refractivity contribution in [2.45, 2.75) is 111 Å². The Morgan fingerprint density at radius 3 is 1.55 bits per heavy atom. The Hall–Kier alpha value is -3.38. The number of allylic oxidation sites excluding steroid dienone is 4. The third-order valence-electron chi connectivity index (χ3n) is 11.5. The quantitative estimate of drug-likeness (QED) is 0.123. The molecule has 0 fully saturated rings. The van der Waals surface area contributed by atoms with Crippen LogP contribution in [-0.4, -0.2) is 3.21 Å². The summed E-state index contributed by atoms with van der Waals surface area (Å²) in [6.45, 7) is 22.6.